The third kappa shape index (κ3) is 4.65. The van der Waals surface area contributed by atoms with Crippen LogP contribution in [0.15, 0.2) is 52.6 Å². The molecule has 0 saturated carbocycles. The average Bonchev–Trinajstić information content (AvgIpc) is 3.43. The van der Waals surface area contributed by atoms with Crippen LogP contribution in [0, 0.1) is 0 Å². The van der Waals surface area contributed by atoms with Gasteiger partial charge in [-0.2, -0.15) is 22.1 Å². The SMILES string of the molecule is CN(C)S(=O)(=O)N1CCC(c2nn(CCOc3ccccc3)c(=O)n2-c2cccs2)CC1. The van der Waals surface area contributed by atoms with Crippen molar-refractivity contribution in [2.75, 3.05) is 33.8 Å². The highest BCUT2D eigenvalue weighted by atomic mass is 32.2. The van der Waals surface area contributed by atoms with Crippen LogP contribution in [0.1, 0.15) is 24.6 Å². The Morgan fingerprint density at radius 1 is 1.12 bits per heavy atom. The molecule has 9 nitrogen and oxygen atoms in total. The number of rotatable bonds is 8. The number of hydrogen-bond donors (Lipinski definition) is 0. The molecule has 1 aliphatic heterocycles. The molecule has 2 aromatic heterocycles. The summed E-state index contributed by atoms with van der Waals surface area (Å²) in [5.41, 5.74) is -0.206. The first kappa shape index (κ1) is 22.7. The van der Waals surface area contributed by atoms with Crippen molar-refractivity contribution in [1.29, 1.82) is 0 Å². The summed E-state index contributed by atoms with van der Waals surface area (Å²) in [4.78, 5) is 13.2. The molecule has 0 N–H and O–H groups in total. The highest BCUT2D eigenvalue weighted by Crippen LogP contribution is 2.30. The smallest absolute Gasteiger partial charge is 0.351 e. The van der Waals surface area contributed by atoms with Crippen molar-refractivity contribution >= 4 is 21.5 Å². The summed E-state index contributed by atoms with van der Waals surface area (Å²) in [6, 6.07) is 13.2. The molecule has 0 spiro atoms. The summed E-state index contributed by atoms with van der Waals surface area (Å²) in [6.07, 6.45) is 1.21. The average molecular weight is 478 g/mol. The minimum Gasteiger partial charge on any atom is -0.492 e. The monoisotopic (exact) mass is 477 g/mol. The topological polar surface area (TPSA) is 89.7 Å². The Hall–Kier alpha value is -2.47. The number of hydrogen-bond acceptors (Lipinski definition) is 6. The van der Waals surface area contributed by atoms with Crippen LogP contribution in [-0.2, 0) is 16.8 Å². The molecule has 1 aromatic carbocycles. The van der Waals surface area contributed by atoms with Crippen molar-refractivity contribution in [1.82, 2.24) is 23.0 Å². The third-order valence-corrected chi connectivity index (χ3v) is 8.31. The fourth-order valence-corrected chi connectivity index (χ4v) is 5.65. The molecule has 0 bridgehead atoms. The van der Waals surface area contributed by atoms with Gasteiger partial charge in [0.1, 0.15) is 23.2 Å². The van der Waals surface area contributed by atoms with Crippen LogP contribution in [0.5, 0.6) is 5.75 Å². The number of piperidine rings is 1. The molecule has 0 aliphatic carbocycles. The zero-order chi connectivity index (χ0) is 22.7. The Kier molecular flexibility index (Phi) is 6.79. The Bertz CT molecular complexity index is 1180. The highest BCUT2D eigenvalue weighted by Gasteiger charge is 2.33. The van der Waals surface area contributed by atoms with E-state index >= 15 is 0 Å². The lowest BCUT2D eigenvalue weighted by Crippen LogP contribution is -2.44. The Balaban J connectivity index is 1.54. The molecule has 4 rings (SSSR count). The predicted molar refractivity (Wildman–Crippen MR) is 124 cm³/mol. The lowest BCUT2D eigenvalue weighted by atomic mass is 9.97. The number of para-hydroxylation sites is 1. The molecule has 0 unspecified atom stereocenters. The van der Waals surface area contributed by atoms with Gasteiger partial charge in [0.2, 0.25) is 0 Å². The normalized spacial score (nSPS) is 16.0. The summed E-state index contributed by atoms with van der Waals surface area (Å²) < 4.78 is 36.4. The zero-order valence-corrected chi connectivity index (χ0v) is 19.8. The first-order valence-electron chi connectivity index (χ1n) is 10.5. The van der Waals surface area contributed by atoms with Gasteiger partial charge in [-0.1, -0.05) is 18.2 Å². The van der Waals surface area contributed by atoms with Gasteiger partial charge in [-0.3, -0.25) is 0 Å². The van der Waals surface area contributed by atoms with Gasteiger partial charge in [0, 0.05) is 33.1 Å². The summed E-state index contributed by atoms with van der Waals surface area (Å²) in [5.74, 6) is 1.42. The first-order valence-corrected chi connectivity index (χ1v) is 12.7. The van der Waals surface area contributed by atoms with Crippen molar-refractivity contribution < 1.29 is 13.2 Å². The highest BCUT2D eigenvalue weighted by molar-refractivity contribution is 7.86. The van der Waals surface area contributed by atoms with Crippen LogP contribution >= 0.6 is 11.3 Å². The van der Waals surface area contributed by atoms with Crippen LogP contribution in [0.25, 0.3) is 5.00 Å². The van der Waals surface area contributed by atoms with Crippen LogP contribution < -0.4 is 10.4 Å². The molecule has 3 heterocycles. The summed E-state index contributed by atoms with van der Waals surface area (Å²) in [7, 11) is -0.369. The van der Waals surface area contributed by atoms with E-state index in [1.165, 1.54) is 38.7 Å². The van der Waals surface area contributed by atoms with Gasteiger partial charge >= 0.3 is 5.69 Å². The van der Waals surface area contributed by atoms with E-state index in [1.807, 2.05) is 47.8 Å². The fraction of sp³-hybridized carbons (Fsp3) is 0.429. The van der Waals surface area contributed by atoms with E-state index in [0.29, 0.717) is 44.9 Å². The van der Waals surface area contributed by atoms with Crippen molar-refractivity contribution in [2.24, 2.45) is 0 Å². The van der Waals surface area contributed by atoms with E-state index in [9.17, 15) is 13.2 Å². The van der Waals surface area contributed by atoms with Gasteiger partial charge in [-0.05, 0) is 42.5 Å². The largest absolute Gasteiger partial charge is 0.492 e. The molecule has 172 valence electrons. The lowest BCUT2D eigenvalue weighted by molar-refractivity contribution is 0.284. The molecule has 0 radical (unpaired) electrons. The van der Waals surface area contributed by atoms with Gasteiger partial charge in [0.25, 0.3) is 10.2 Å². The molecule has 1 fully saturated rings. The van der Waals surface area contributed by atoms with Crippen LogP contribution in [0.2, 0.25) is 0 Å². The van der Waals surface area contributed by atoms with Crippen molar-refractivity contribution in [3.8, 4) is 10.8 Å². The number of nitrogens with zero attached hydrogens (tertiary/aromatic N) is 5. The van der Waals surface area contributed by atoms with E-state index < -0.39 is 10.2 Å². The molecular weight excluding hydrogens is 450 g/mol. The number of aromatic nitrogens is 3. The van der Waals surface area contributed by atoms with E-state index in [-0.39, 0.29) is 11.6 Å². The van der Waals surface area contributed by atoms with Gasteiger partial charge < -0.3 is 4.74 Å². The molecule has 1 saturated heterocycles. The molecular formula is C21H27N5O4S2. The van der Waals surface area contributed by atoms with Gasteiger partial charge in [-0.25, -0.2) is 14.0 Å². The second-order valence-electron chi connectivity index (χ2n) is 7.78. The second-order valence-corrected chi connectivity index (χ2v) is 10.8. The third-order valence-electron chi connectivity index (χ3n) is 5.51. The van der Waals surface area contributed by atoms with Crippen molar-refractivity contribution in [3.05, 3.63) is 64.2 Å². The minimum absolute atomic E-state index is 0.00490. The number of ether oxygens (including phenoxy) is 1. The van der Waals surface area contributed by atoms with Crippen molar-refractivity contribution in [3.63, 3.8) is 0 Å². The fourth-order valence-electron chi connectivity index (χ4n) is 3.78. The van der Waals surface area contributed by atoms with Gasteiger partial charge in [0.15, 0.2) is 0 Å². The summed E-state index contributed by atoms with van der Waals surface area (Å²) in [5, 5.41) is 7.39. The van der Waals surface area contributed by atoms with E-state index in [2.05, 4.69) is 5.10 Å². The lowest BCUT2D eigenvalue weighted by Gasteiger charge is -2.32. The quantitative estimate of drug-likeness (QED) is 0.496. The van der Waals surface area contributed by atoms with Gasteiger partial charge in [0.05, 0.1) is 6.54 Å². The molecule has 1 aliphatic rings. The summed E-state index contributed by atoms with van der Waals surface area (Å²) >= 11 is 1.48. The second kappa shape index (κ2) is 9.57. The maximum absolute atomic E-state index is 13.2. The van der Waals surface area contributed by atoms with E-state index in [0.717, 1.165) is 10.8 Å². The van der Waals surface area contributed by atoms with Crippen LogP contribution in [-0.4, -0.2) is 65.2 Å². The van der Waals surface area contributed by atoms with E-state index in [4.69, 9.17) is 4.74 Å². The van der Waals surface area contributed by atoms with Crippen LogP contribution in [0.3, 0.4) is 0 Å². The molecule has 32 heavy (non-hydrogen) atoms. The Morgan fingerprint density at radius 2 is 1.84 bits per heavy atom. The Morgan fingerprint density at radius 3 is 2.47 bits per heavy atom. The molecule has 11 heteroatoms. The van der Waals surface area contributed by atoms with Crippen molar-refractivity contribution in [2.45, 2.75) is 25.3 Å². The molecule has 0 atom stereocenters. The maximum atomic E-state index is 13.2. The Labute approximate surface area is 191 Å². The standard InChI is InChI=1S/C21H27N5O4S2/c1-23(2)32(28,29)24-12-10-17(11-13-24)20-22-25(14-15-30-18-7-4-3-5-8-18)21(27)26(20)19-9-6-16-31-19/h3-9,16-17H,10-15H2,1-2H3. The first-order chi connectivity index (χ1) is 15.4. The molecule has 0 amide bonds. The number of benzene rings is 1. The van der Waals surface area contributed by atoms with E-state index in [1.54, 1.807) is 4.57 Å². The predicted octanol–water partition coefficient (Wildman–Crippen LogP) is 2.16. The molecule has 3 aromatic rings. The summed E-state index contributed by atoms with van der Waals surface area (Å²) in [6.45, 7) is 1.44. The zero-order valence-electron chi connectivity index (χ0n) is 18.1. The minimum atomic E-state index is -3.44. The maximum Gasteiger partial charge on any atom is 0.351 e. The number of thiophene rings is 1. The van der Waals surface area contributed by atoms with Gasteiger partial charge in [-0.15, -0.1) is 11.3 Å². The van der Waals surface area contributed by atoms with Crippen LogP contribution in [0.4, 0.5) is 0 Å².